The summed E-state index contributed by atoms with van der Waals surface area (Å²) in [6.45, 7) is 8.41. The number of likely N-dealkylation sites (tertiary alicyclic amines) is 1. The number of carbonyl (C=O) groups is 3. The Hall–Kier alpha value is -2.41. The topological polar surface area (TPSA) is 64.2 Å². The fraction of sp³-hybridized carbons (Fsp3) is 0.640. The maximum Gasteiger partial charge on any atom is 0.236 e. The Bertz CT molecular complexity index is 849. The Labute approximate surface area is 191 Å². The summed E-state index contributed by atoms with van der Waals surface area (Å²) >= 11 is 0. The zero-order chi connectivity index (χ0) is 22.7. The van der Waals surface area contributed by atoms with Gasteiger partial charge >= 0.3 is 0 Å². The average Bonchev–Trinajstić information content (AvgIpc) is 2.79. The molecule has 0 saturated carbocycles. The lowest BCUT2D eigenvalue weighted by atomic mass is 9.90. The van der Waals surface area contributed by atoms with Gasteiger partial charge in [0.1, 0.15) is 0 Å². The van der Waals surface area contributed by atoms with E-state index in [0.29, 0.717) is 38.6 Å². The summed E-state index contributed by atoms with van der Waals surface area (Å²) in [6, 6.07) is 8.30. The van der Waals surface area contributed by atoms with Crippen LogP contribution in [0.1, 0.15) is 56.7 Å². The number of amides is 3. The van der Waals surface area contributed by atoms with E-state index in [-0.39, 0.29) is 23.8 Å². The highest BCUT2D eigenvalue weighted by atomic mass is 16.2. The summed E-state index contributed by atoms with van der Waals surface area (Å²) < 4.78 is 0. The Morgan fingerprint density at radius 1 is 0.906 bits per heavy atom. The van der Waals surface area contributed by atoms with E-state index in [1.165, 1.54) is 12.0 Å². The first kappa shape index (κ1) is 22.8. The first-order chi connectivity index (χ1) is 15.4. The molecule has 0 spiro atoms. The lowest BCUT2D eigenvalue weighted by Crippen LogP contribution is -2.53. The van der Waals surface area contributed by atoms with Gasteiger partial charge in [0.2, 0.25) is 17.7 Å². The van der Waals surface area contributed by atoms with Gasteiger partial charge in [-0.25, -0.2) is 0 Å². The zero-order valence-electron chi connectivity index (χ0n) is 19.5. The van der Waals surface area contributed by atoms with Crippen LogP contribution >= 0.6 is 0 Å². The normalized spacial score (nSPS) is 24.2. The molecule has 7 heteroatoms. The van der Waals surface area contributed by atoms with Crippen molar-refractivity contribution in [3.8, 4) is 0 Å². The highest BCUT2D eigenvalue weighted by Crippen LogP contribution is 2.33. The molecule has 2 atom stereocenters. The van der Waals surface area contributed by atoms with Crippen molar-refractivity contribution in [2.24, 2.45) is 0 Å². The Morgan fingerprint density at radius 3 is 2.38 bits per heavy atom. The lowest BCUT2D eigenvalue weighted by molar-refractivity contribution is -0.138. The number of rotatable bonds is 4. The molecule has 1 aromatic rings. The average molecular weight is 441 g/mol. The zero-order valence-corrected chi connectivity index (χ0v) is 19.5. The summed E-state index contributed by atoms with van der Waals surface area (Å²) in [6.07, 6.45) is 4.55. The minimum atomic E-state index is -0.190. The lowest BCUT2D eigenvalue weighted by Gasteiger charge is -2.40. The molecule has 7 nitrogen and oxygen atoms in total. The van der Waals surface area contributed by atoms with Crippen molar-refractivity contribution >= 4 is 17.7 Å². The molecule has 0 radical (unpaired) electrons. The summed E-state index contributed by atoms with van der Waals surface area (Å²) in [7, 11) is 0. The number of hydrogen-bond donors (Lipinski definition) is 0. The number of carbonyl (C=O) groups excluding carboxylic acids is 3. The van der Waals surface area contributed by atoms with Crippen LogP contribution in [0.25, 0.3) is 0 Å². The van der Waals surface area contributed by atoms with E-state index in [4.69, 9.17) is 0 Å². The number of piperazine rings is 1. The Morgan fingerprint density at radius 2 is 1.66 bits per heavy atom. The minimum Gasteiger partial charge on any atom is -0.340 e. The van der Waals surface area contributed by atoms with Crippen molar-refractivity contribution in [1.82, 2.24) is 19.6 Å². The van der Waals surface area contributed by atoms with Gasteiger partial charge in [-0.3, -0.25) is 19.3 Å². The van der Waals surface area contributed by atoms with Gasteiger partial charge < -0.3 is 14.7 Å². The summed E-state index contributed by atoms with van der Waals surface area (Å²) in [5.41, 5.74) is 2.33. The first-order valence-corrected chi connectivity index (χ1v) is 12.1. The van der Waals surface area contributed by atoms with Crippen molar-refractivity contribution in [2.45, 2.75) is 58.0 Å². The molecule has 3 aliphatic heterocycles. The molecule has 174 valence electrons. The number of piperidine rings is 1. The van der Waals surface area contributed by atoms with Crippen molar-refractivity contribution in [1.29, 1.82) is 0 Å². The third kappa shape index (κ3) is 4.98. The molecular weight excluding hydrogens is 404 g/mol. The van der Waals surface area contributed by atoms with Gasteiger partial charge in [0, 0.05) is 52.2 Å². The van der Waals surface area contributed by atoms with E-state index in [9.17, 15) is 14.4 Å². The van der Waals surface area contributed by atoms with Crippen LogP contribution in [0.5, 0.6) is 0 Å². The molecule has 3 aliphatic rings. The molecule has 2 saturated heterocycles. The fourth-order valence-corrected chi connectivity index (χ4v) is 5.45. The van der Waals surface area contributed by atoms with Gasteiger partial charge in [-0.05, 0) is 43.7 Å². The maximum atomic E-state index is 13.2. The third-order valence-corrected chi connectivity index (χ3v) is 7.39. The van der Waals surface area contributed by atoms with E-state index in [1.807, 2.05) is 32.9 Å². The molecule has 32 heavy (non-hydrogen) atoms. The quantitative estimate of drug-likeness (QED) is 0.719. The van der Waals surface area contributed by atoms with Gasteiger partial charge in [-0.15, -0.1) is 0 Å². The van der Waals surface area contributed by atoms with Crippen LogP contribution in [0.15, 0.2) is 24.3 Å². The van der Waals surface area contributed by atoms with Crippen molar-refractivity contribution in [2.75, 3.05) is 45.8 Å². The summed E-state index contributed by atoms with van der Waals surface area (Å²) in [5.74, 6) is 0.328. The minimum absolute atomic E-state index is 0.0209. The van der Waals surface area contributed by atoms with Gasteiger partial charge in [0.15, 0.2) is 0 Å². The smallest absolute Gasteiger partial charge is 0.236 e. The highest BCUT2D eigenvalue weighted by Gasteiger charge is 2.33. The van der Waals surface area contributed by atoms with Gasteiger partial charge in [0.05, 0.1) is 19.0 Å². The van der Waals surface area contributed by atoms with E-state index in [2.05, 4.69) is 17.9 Å². The maximum absolute atomic E-state index is 13.2. The van der Waals surface area contributed by atoms with Gasteiger partial charge in [0.25, 0.3) is 0 Å². The van der Waals surface area contributed by atoms with E-state index in [1.54, 1.807) is 6.92 Å². The molecule has 2 fully saturated rings. The molecule has 0 N–H and O–H groups in total. The number of fused-ring (bicyclic) bond motifs is 1. The highest BCUT2D eigenvalue weighted by molar-refractivity contribution is 5.80. The number of nitrogens with zero attached hydrogens (tertiary/aromatic N) is 4. The Kier molecular flexibility index (Phi) is 7.13. The van der Waals surface area contributed by atoms with Crippen LogP contribution in [0, 0.1) is 0 Å². The summed E-state index contributed by atoms with van der Waals surface area (Å²) in [5, 5.41) is 0. The molecule has 2 unspecified atom stereocenters. The molecule has 3 amide bonds. The van der Waals surface area contributed by atoms with Crippen molar-refractivity contribution < 1.29 is 14.4 Å². The molecule has 0 aliphatic carbocycles. The second kappa shape index (κ2) is 10.0. The standard InChI is InChI=1S/C25H36N4O3/c1-19-7-5-6-11-28(19)25(32)18-26-13-15-27(16-14-26)24(31)17-23-22-9-4-3-8-21(22)10-12-29(23)20(2)30/h3-4,8-9,19,23H,5-7,10-18H2,1-2H3. The predicted molar refractivity (Wildman–Crippen MR) is 123 cm³/mol. The van der Waals surface area contributed by atoms with Crippen molar-refractivity contribution in [3.63, 3.8) is 0 Å². The Balaban J connectivity index is 1.32. The van der Waals surface area contributed by atoms with Crippen LogP contribution in [0.2, 0.25) is 0 Å². The van der Waals surface area contributed by atoms with E-state index in [0.717, 1.165) is 44.5 Å². The molecule has 3 heterocycles. The van der Waals surface area contributed by atoms with Crippen molar-refractivity contribution in [3.05, 3.63) is 35.4 Å². The predicted octanol–water partition coefficient (Wildman–Crippen LogP) is 2.07. The van der Waals surface area contributed by atoms with Crippen LogP contribution in [0.4, 0.5) is 0 Å². The molecule has 0 bridgehead atoms. The molecule has 4 rings (SSSR count). The SMILES string of the molecule is CC(=O)N1CCc2ccccc2C1CC(=O)N1CCN(CC(=O)N2CCCCC2C)CC1. The van der Waals surface area contributed by atoms with Gasteiger partial charge in [-0.1, -0.05) is 24.3 Å². The summed E-state index contributed by atoms with van der Waals surface area (Å²) in [4.78, 5) is 46.1. The molecular formula is C25H36N4O3. The van der Waals surface area contributed by atoms with Crippen LogP contribution < -0.4 is 0 Å². The number of hydrogen-bond acceptors (Lipinski definition) is 4. The van der Waals surface area contributed by atoms with Gasteiger partial charge in [-0.2, -0.15) is 0 Å². The van der Waals surface area contributed by atoms with Crippen LogP contribution in [0.3, 0.4) is 0 Å². The van der Waals surface area contributed by atoms with E-state index >= 15 is 0 Å². The fourth-order valence-electron chi connectivity index (χ4n) is 5.45. The molecule has 1 aromatic carbocycles. The second-order valence-corrected chi connectivity index (χ2v) is 9.47. The van der Waals surface area contributed by atoms with E-state index < -0.39 is 0 Å². The second-order valence-electron chi connectivity index (χ2n) is 9.47. The number of benzene rings is 1. The van der Waals surface area contributed by atoms with Crippen LogP contribution in [-0.2, 0) is 20.8 Å². The largest absolute Gasteiger partial charge is 0.340 e. The monoisotopic (exact) mass is 440 g/mol. The first-order valence-electron chi connectivity index (χ1n) is 12.1. The third-order valence-electron chi connectivity index (χ3n) is 7.39. The molecule has 0 aromatic heterocycles. The van der Waals surface area contributed by atoms with Crippen LogP contribution in [-0.4, -0.2) is 89.2 Å².